The molecule has 0 spiro atoms. The van der Waals surface area contributed by atoms with Crippen LogP contribution in [-0.2, 0) is 9.53 Å². The Hall–Kier alpha value is -2.32. The zero-order valence-electron chi connectivity index (χ0n) is 10.5. The number of para-hydroxylation sites is 1. The van der Waals surface area contributed by atoms with Crippen molar-refractivity contribution in [2.24, 2.45) is 11.8 Å². The molecule has 1 atom stereocenters. The van der Waals surface area contributed by atoms with Gasteiger partial charge in [-0.1, -0.05) is 12.1 Å². The molecule has 106 valence electrons. The van der Waals surface area contributed by atoms with Gasteiger partial charge in [-0.2, -0.15) is 0 Å². The molecule has 1 heterocycles. The van der Waals surface area contributed by atoms with Gasteiger partial charge in [-0.05, 0) is 12.5 Å². The smallest absolute Gasteiger partial charge is 0.282 e. The van der Waals surface area contributed by atoms with E-state index in [1.165, 1.54) is 24.3 Å². The van der Waals surface area contributed by atoms with Crippen LogP contribution in [0.2, 0.25) is 0 Å². The first-order valence-electron chi connectivity index (χ1n) is 5.96. The van der Waals surface area contributed by atoms with E-state index in [0.717, 1.165) is 0 Å². The Labute approximate surface area is 114 Å². The van der Waals surface area contributed by atoms with Gasteiger partial charge in [-0.3, -0.25) is 19.7 Å². The predicted molar refractivity (Wildman–Crippen MR) is 67.4 cm³/mol. The number of hydrogen-bond acceptors (Lipinski definition) is 6. The number of rotatable bonds is 3. The maximum absolute atomic E-state index is 12.1. The summed E-state index contributed by atoms with van der Waals surface area (Å²) in [5, 5.41) is 11.3. The summed E-state index contributed by atoms with van der Waals surface area (Å²) in [7, 11) is 0. The highest BCUT2D eigenvalue weighted by Gasteiger charge is 2.32. The topological polar surface area (TPSA) is 116 Å². The van der Waals surface area contributed by atoms with Gasteiger partial charge in [-0.25, -0.2) is 10.9 Å². The van der Waals surface area contributed by atoms with Gasteiger partial charge in [-0.15, -0.1) is 0 Å². The molecule has 0 aromatic heterocycles. The van der Waals surface area contributed by atoms with E-state index in [0.29, 0.717) is 18.0 Å². The summed E-state index contributed by atoms with van der Waals surface area (Å²) < 4.78 is 5.05. The van der Waals surface area contributed by atoms with Gasteiger partial charge >= 0.3 is 0 Å². The van der Waals surface area contributed by atoms with Gasteiger partial charge in [0.1, 0.15) is 5.56 Å². The molecule has 20 heavy (non-hydrogen) atoms. The Bertz CT molecular complexity index is 554. The van der Waals surface area contributed by atoms with E-state index in [-0.39, 0.29) is 17.9 Å². The SMILES string of the molecule is NN(C(=O)c1ccccc1[N+](=O)[O-])C(=O)C1CCOC1. The number of hydrogen-bond donors (Lipinski definition) is 1. The standard InChI is InChI=1S/C12H13N3O5/c13-14(11(16)8-5-6-20-7-8)12(17)9-3-1-2-4-10(9)15(18)19/h1-4,8H,5-7,13H2. The zero-order chi connectivity index (χ0) is 14.7. The molecule has 2 N–H and O–H groups in total. The summed E-state index contributed by atoms with van der Waals surface area (Å²) in [4.78, 5) is 34.2. The van der Waals surface area contributed by atoms with E-state index in [4.69, 9.17) is 10.6 Å². The van der Waals surface area contributed by atoms with Crippen LogP contribution in [0.1, 0.15) is 16.8 Å². The number of amides is 2. The molecule has 1 saturated heterocycles. The summed E-state index contributed by atoms with van der Waals surface area (Å²) in [6.07, 6.45) is 0.483. The minimum absolute atomic E-state index is 0.205. The molecular formula is C12H13N3O5. The number of nitrogens with zero attached hydrogens (tertiary/aromatic N) is 2. The van der Waals surface area contributed by atoms with Crippen molar-refractivity contribution in [2.75, 3.05) is 13.2 Å². The first-order valence-corrected chi connectivity index (χ1v) is 5.96. The van der Waals surface area contributed by atoms with Crippen LogP contribution in [0.4, 0.5) is 5.69 Å². The highest BCUT2D eigenvalue weighted by Crippen LogP contribution is 2.21. The number of nitro benzene ring substituents is 1. The molecule has 1 unspecified atom stereocenters. The monoisotopic (exact) mass is 279 g/mol. The lowest BCUT2D eigenvalue weighted by molar-refractivity contribution is -0.385. The summed E-state index contributed by atoms with van der Waals surface area (Å²) in [5.41, 5.74) is -0.601. The van der Waals surface area contributed by atoms with Crippen molar-refractivity contribution < 1.29 is 19.2 Å². The van der Waals surface area contributed by atoms with Crippen molar-refractivity contribution in [3.8, 4) is 0 Å². The molecule has 1 aromatic rings. The average molecular weight is 279 g/mol. The largest absolute Gasteiger partial charge is 0.381 e. The van der Waals surface area contributed by atoms with Gasteiger partial charge in [0.15, 0.2) is 0 Å². The fourth-order valence-electron chi connectivity index (χ4n) is 1.97. The van der Waals surface area contributed by atoms with Gasteiger partial charge in [0.25, 0.3) is 11.6 Å². The average Bonchev–Trinajstić information content (AvgIpc) is 2.99. The van der Waals surface area contributed by atoms with Crippen LogP contribution in [0.3, 0.4) is 0 Å². The number of ether oxygens (including phenoxy) is 1. The molecule has 1 aliphatic rings. The number of nitrogens with two attached hydrogens (primary N) is 1. The second-order valence-corrected chi connectivity index (χ2v) is 4.35. The normalized spacial score (nSPS) is 17.8. The van der Waals surface area contributed by atoms with Crippen molar-refractivity contribution >= 4 is 17.5 Å². The third-order valence-electron chi connectivity index (χ3n) is 3.07. The highest BCUT2D eigenvalue weighted by molar-refractivity contribution is 6.06. The van der Waals surface area contributed by atoms with Gasteiger partial charge in [0, 0.05) is 12.7 Å². The van der Waals surface area contributed by atoms with Crippen molar-refractivity contribution in [2.45, 2.75) is 6.42 Å². The maximum Gasteiger partial charge on any atom is 0.282 e. The van der Waals surface area contributed by atoms with E-state index < -0.39 is 22.7 Å². The van der Waals surface area contributed by atoms with Crippen molar-refractivity contribution in [1.29, 1.82) is 0 Å². The minimum Gasteiger partial charge on any atom is -0.381 e. The number of imide groups is 1. The molecule has 8 heteroatoms. The Morgan fingerprint density at radius 2 is 2.10 bits per heavy atom. The minimum atomic E-state index is -0.894. The number of benzene rings is 1. The Kier molecular flexibility index (Phi) is 4.06. The van der Waals surface area contributed by atoms with Crippen LogP contribution in [0, 0.1) is 16.0 Å². The molecule has 0 radical (unpaired) electrons. The number of carbonyl (C=O) groups is 2. The fraction of sp³-hybridized carbons (Fsp3) is 0.333. The van der Waals surface area contributed by atoms with Crippen LogP contribution in [0.15, 0.2) is 24.3 Å². The summed E-state index contributed by atoms with van der Waals surface area (Å²) in [5.74, 6) is 3.53. The highest BCUT2D eigenvalue weighted by atomic mass is 16.6. The quantitative estimate of drug-likeness (QED) is 0.283. The molecule has 1 fully saturated rings. The summed E-state index contributed by atoms with van der Waals surface area (Å²) in [6.45, 7) is 0.640. The summed E-state index contributed by atoms with van der Waals surface area (Å²) >= 11 is 0. The number of hydrazine groups is 1. The lowest BCUT2D eigenvalue weighted by atomic mass is 10.1. The van der Waals surface area contributed by atoms with Crippen molar-refractivity contribution in [1.82, 2.24) is 5.01 Å². The molecule has 0 bridgehead atoms. The second-order valence-electron chi connectivity index (χ2n) is 4.35. The van der Waals surface area contributed by atoms with E-state index in [1.54, 1.807) is 0 Å². The van der Waals surface area contributed by atoms with Crippen LogP contribution in [-0.4, -0.2) is 35.0 Å². The third-order valence-corrected chi connectivity index (χ3v) is 3.07. The molecule has 8 nitrogen and oxygen atoms in total. The molecule has 2 rings (SSSR count). The van der Waals surface area contributed by atoms with Crippen LogP contribution in [0.25, 0.3) is 0 Å². The zero-order valence-corrected chi connectivity index (χ0v) is 10.5. The Balaban J connectivity index is 2.22. The van der Waals surface area contributed by atoms with Crippen LogP contribution < -0.4 is 5.84 Å². The first-order chi connectivity index (χ1) is 9.52. The molecule has 0 saturated carbocycles. The Morgan fingerprint density at radius 1 is 1.40 bits per heavy atom. The molecule has 1 aromatic carbocycles. The number of carbonyl (C=O) groups excluding carboxylic acids is 2. The van der Waals surface area contributed by atoms with E-state index in [2.05, 4.69) is 0 Å². The van der Waals surface area contributed by atoms with Gasteiger partial charge < -0.3 is 4.74 Å². The van der Waals surface area contributed by atoms with E-state index >= 15 is 0 Å². The van der Waals surface area contributed by atoms with Gasteiger partial charge in [0.05, 0.1) is 17.4 Å². The first kappa shape index (κ1) is 14.1. The van der Waals surface area contributed by atoms with Crippen molar-refractivity contribution in [3.63, 3.8) is 0 Å². The second kappa shape index (κ2) is 5.76. The molecule has 1 aliphatic heterocycles. The maximum atomic E-state index is 12.1. The van der Waals surface area contributed by atoms with Gasteiger partial charge in [0.2, 0.25) is 5.91 Å². The molecule has 2 amide bonds. The van der Waals surface area contributed by atoms with Crippen LogP contribution in [0.5, 0.6) is 0 Å². The lowest BCUT2D eigenvalue weighted by Crippen LogP contribution is -2.46. The van der Waals surface area contributed by atoms with E-state index in [1.807, 2.05) is 0 Å². The van der Waals surface area contributed by atoms with Crippen molar-refractivity contribution in [3.05, 3.63) is 39.9 Å². The summed E-state index contributed by atoms with van der Waals surface area (Å²) in [6, 6.07) is 5.35. The van der Waals surface area contributed by atoms with E-state index in [9.17, 15) is 19.7 Å². The molecule has 0 aliphatic carbocycles. The molecular weight excluding hydrogens is 266 g/mol. The predicted octanol–water partition coefficient (Wildman–Crippen LogP) is 0.474. The Morgan fingerprint density at radius 3 is 2.70 bits per heavy atom. The third kappa shape index (κ3) is 2.65. The fourth-order valence-corrected chi connectivity index (χ4v) is 1.97. The number of nitro groups is 1. The lowest BCUT2D eigenvalue weighted by Gasteiger charge is -2.17. The van der Waals surface area contributed by atoms with Crippen LogP contribution >= 0.6 is 0 Å².